The Bertz CT molecular complexity index is 1130. The van der Waals surface area contributed by atoms with Crippen LogP contribution in [0.1, 0.15) is 61.1 Å². The minimum Gasteiger partial charge on any atom is -0.481 e. The first kappa shape index (κ1) is 26.4. The van der Waals surface area contributed by atoms with Crippen molar-refractivity contribution in [2.45, 2.75) is 50.9 Å². The van der Waals surface area contributed by atoms with E-state index in [-0.39, 0.29) is 30.0 Å². The number of nitrogens with zero attached hydrogens (tertiary/aromatic N) is 1. The fraction of sp³-hybridized carbons (Fsp3) is 0.448. The largest absolute Gasteiger partial charge is 0.481 e. The second-order valence-electron chi connectivity index (χ2n) is 10.4. The van der Waals surface area contributed by atoms with Gasteiger partial charge >= 0.3 is 5.97 Å². The molecule has 2 amide bonds. The van der Waals surface area contributed by atoms with Crippen LogP contribution in [0.5, 0.6) is 0 Å². The average molecular weight is 505 g/mol. The molecule has 0 radical (unpaired) electrons. The van der Waals surface area contributed by atoms with Crippen LogP contribution in [0, 0.1) is 16.7 Å². The molecule has 0 aromatic heterocycles. The Labute approximate surface area is 217 Å². The van der Waals surface area contributed by atoms with Crippen LogP contribution in [0.3, 0.4) is 0 Å². The number of carbonyl (C=O) groups excluding carboxylic acids is 2. The smallest absolute Gasteiger partial charge is 0.304 e. The third-order valence-corrected chi connectivity index (χ3v) is 7.93. The summed E-state index contributed by atoms with van der Waals surface area (Å²) < 4.78 is 0. The van der Waals surface area contributed by atoms with Gasteiger partial charge in [-0.3, -0.25) is 19.8 Å². The number of amidine groups is 1. The lowest BCUT2D eigenvalue weighted by Crippen LogP contribution is -2.42. The molecule has 8 nitrogen and oxygen atoms in total. The highest BCUT2D eigenvalue weighted by Crippen LogP contribution is 2.42. The Balaban J connectivity index is 1.24. The third-order valence-electron chi connectivity index (χ3n) is 7.93. The maximum Gasteiger partial charge on any atom is 0.304 e. The maximum atomic E-state index is 13.3. The number of nitrogens with one attached hydrogen (secondary N) is 2. The van der Waals surface area contributed by atoms with Crippen molar-refractivity contribution in [2.24, 2.45) is 17.1 Å². The van der Waals surface area contributed by atoms with E-state index in [1.165, 1.54) is 5.56 Å². The van der Waals surface area contributed by atoms with E-state index in [4.69, 9.17) is 11.1 Å². The van der Waals surface area contributed by atoms with Crippen LogP contribution in [0.25, 0.3) is 0 Å². The van der Waals surface area contributed by atoms with Gasteiger partial charge in [-0.15, -0.1) is 0 Å². The quantitative estimate of drug-likeness (QED) is 0.260. The molecule has 2 aromatic carbocycles. The molecule has 1 aliphatic carbocycles. The summed E-state index contributed by atoms with van der Waals surface area (Å²) in [5.74, 6) is -0.864. The SMILES string of the molecule is N=C(N)c1ccc(C2CC(C(=O)NCCC3(CC(=O)O)CCN(CCCc4ccccc4)C3=O)C2)cc1. The molecule has 5 N–H and O–H groups in total. The van der Waals surface area contributed by atoms with Gasteiger partial charge in [0.05, 0.1) is 11.8 Å². The number of benzene rings is 2. The van der Waals surface area contributed by atoms with Crippen molar-refractivity contribution < 1.29 is 19.5 Å². The Morgan fingerprint density at radius 2 is 1.81 bits per heavy atom. The monoisotopic (exact) mass is 504 g/mol. The van der Waals surface area contributed by atoms with Gasteiger partial charge in [-0.1, -0.05) is 54.6 Å². The molecule has 1 unspecified atom stereocenters. The second kappa shape index (κ2) is 11.6. The van der Waals surface area contributed by atoms with Crippen molar-refractivity contribution in [3.05, 3.63) is 71.3 Å². The molecule has 8 heteroatoms. The van der Waals surface area contributed by atoms with Crippen LogP contribution in [-0.4, -0.2) is 53.3 Å². The molecule has 196 valence electrons. The van der Waals surface area contributed by atoms with Crippen LogP contribution < -0.4 is 11.1 Å². The van der Waals surface area contributed by atoms with Gasteiger partial charge in [-0.25, -0.2) is 0 Å². The standard InChI is InChI=1S/C29H36N4O4/c30-26(31)22-10-8-21(9-11-22)23-17-24(18-23)27(36)32-14-12-29(19-25(34)35)13-16-33(28(29)37)15-4-7-20-5-2-1-3-6-20/h1-3,5-6,8-11,23-24H,4,7,12-19H2,(H3,30,31)(H,32,36)(H,34,35). The normalized spacial score (nSPS) is 22.9. The zero-order chi connectivity index (χ0) is 26.4. The number of hydrogen-bond acceptors (Lipinski definition) is 4. The number of hydrogen-bond donors (Lipinski definition) is 4. The van der Waals surface area contributed by atoms with Crippen molar-refractivity contribution >= 4 is 23.6 Å². The summed E-state index contributed by atoms with van der Waals surface area (Å²) in [7, 11) is 0. The van der Waals surface area contributed by atoms with Crippen molar-refractivity contribution in [1.29, 1.82) is 5.41 Å². The second-order valence-corrected chi connectivity index (χ2v) is 10.4. The molecule has 1 aliphatic heterocycles. The minimum absolute atomic E-state index is 0.0350. The number of carboxylic acids is 1. The van der Waals surface area contributed by atoms with E-state index in [1.807, 2.05) is 42.5 Å². The lowest BCUT2D eigenvalue weighted by atomic mass is 9.71. The van der Waals surface area contributed by atoms with Crippen LogP contribution in [0.4, 0.5) is 0 Å². The lowest BCUT2D eigenvalue weighted by molar-refractivity contribution is -0.147. The number of likely N-dealkylation sites (tertiary alicyclic amines) is 1. The van der Waals surface area contributed by atoms with Gasteiger partial charge in [0.25, 0.3) is 0 Å². The van der Waals surface area contributed by atoms with Gasteiger partial charge in [0, 0.05) is 31.1 Å². The molecule has 2 aliphatic rings. The number of carbonyl (C=O) groups is 3. The molecular weight excluding hydrogens is 468 g/mol. The van der Waals surface area contributed by atoms with E-state index < -0.39 is 11.4 Å². The summed E-state index contributed by atoms with van der Waals surface area (Å²) >= 11 is 0. The van der Waals surface area contributed by atoms with E-state index in [2.05, 4.69) is 17.4 Å². The van der Waals surface area contributed by atoms with Gasteiger partial charge in [-0.2, -0.15) is 0 Å². The number of rotatable bonds is 12. The molecule has 0 bridgehead atoms. The zero-order valence-electron chi connectivity index (χ0n) is 21.1. The molecule has 2 fully saturated rings. The predicted molar refractivity (Wildman–Crippen MR) is 141 cm³/mol. The first-order chi connectivity index (χ1) is 17.8. The Morgan fingerprint density at radius 1 is 1.11 bits per heavy atom. The topological polar surface area (TPSA) is 137 Å². The molecule has 1 heterocycles. The van der Waals surface area contributed by atoms with Crippen LogP contribution in [-0.2, 0) is 20.8 Å². The number of aliphatic carboxylic acids is 1. The Morgan fingerprint density at radius 3 is 2.46 bits per heavy atom. The molecule has 0 spiro atoms. The number of aryl methyl sites for hydroxylation is 1. The van der Waals surface area contributed by atoms with Gasteiger partial charge in [0.1, 0.15) is 5.84 Å². The van der Waals surface area contributed by atoms with Crippen molar-refractivity contribution in [1.82, 2.24) is 10.2 Å². The molecule has 2 aromatic rings. The highest BCUT2D eigenvalue weighted by molar-refractivity contribution is 5.95. The number of carboxylic acid groups (broad SMARTS) is 1. The summed E-state index contributed by atoms with van der Waals surface area (Å²) in [6, 6.07) is 17.7. The van der Waals surface area contributed by atoms with Crippen molar-refractivity contribution in [2.75, 3.05) is 19.6 Å². The number of nitrogens with two attached hydrogens (primary N) is 1. The van der Waals surface area contributed by atoms with E-state index in [0.29, 0.717) is 44.0 Å². The van der Waals surface area contributed by atoms with Crippen LogP contribution >= 0.6 is 0 Å². The molecule has 4 rings (SSSR count). The van der Waals surface area contributed by atoms with E-state index in [9.17, 15) is 19.5 Å². The molecule has 1 saturated carbocycles. The van der Waals surface area contributed by atoms with E-state index in [1.54, 1.807) is 4.90 Å². The molecule has 1 saturated heterocycles. The van der Waals surface area contributed by atoms with E-state index in [0.717, 1.165) is 31.2 Å². The van der Waals surface area contributed by atoms with Crippen molar-refractivity contribution in [3.8, 4) is 0 Å². The molecular formula is C29H36N4O4. The van der Waals surface area contributed by atoms with Crippen LogP contribution in [0.15, 0.2) is 54.6 Å². The number of amides is 2. The van der Waals surface area contributed by atoms with Gasteiger partial charge < -0.3 is 21.1 Å². The minimum atomic E-state index is -0.983. The summed E-state index contributed by atoms with van der Waals surface area (Å²) in [6.45, 7) is 1.46. The number of nitrogen functional groups attached to an aromatic ring is 1. The van der Waals surface area contributed by atoms with E-state index >= 15 is 0 Å². The highest BCUT2D eigenvalue weighted by Gasteiger charge is 2.47. The van der Waals surface area contributed by atoms with Gasteiger partial charge in [-0.05, 0) is 55.6 Å². The van der Waals surface area contributed by atoms with Gasteiger partial charge in [0.15, 0.2) is 0 Å². The summed E-state index contributed by atoms with van der Waals surface area (Å²) in [6.07, 6.45) is 3.83. The Hall–Kier alpha value is -3.68. The molecule has 1 atom stereocenters. The van der Waals surface area contributed by atoms with Gasteiger partial charge in [0.2, 0.25) is 11.8 Å². The summed E-state index contributed by atoms with van der Waals surface area (Å²) in [5.41, 5.74) is 7.60. The van der Waals surface area contributed by atoms with Crippen molar-refractivity contribution in [3.63, 3.8) is 0 Å². The summed E-state index contributed by atoms with van der Waals surface area (Å²) in [5, 5.41) is 20.0. The zero-order valence-corrected chi connectivity index (χ0v) is 21.1. The van der Waals surface area contributed by atoms with Crippen LogP contribution in [0.2, 0.25) is 0 Å². The molecule has 37 heavy (non-hydrogen) atoms. The Kier molecular flexibility index (Phi) is 8.26. The highest BCUT2D eigenvalue weighted by atomic mass is 16.4. The third kappa shape index (κ3) is 6.37. The maximum absolute atomic E-state index is 13.3. The average Bonchev–Trinajstić information content (AvgIpc) is 3.13. The fourth-order valence-electron chi connectivity index (χ4n) is 5.61. The fourth-order valence-corrected chi connectivity index (χ4v) is 5.61. The lowest BCUT2D eigenvalue weighted by Gasteiger charge is -2.35. The first-order valence-electron chi connectivity index (χ1n) is 13.0. The summed E-state index contributed by atoms with van der Waals surface area (Å²) in [4.78, 5) is 39.4. The first-order valence-corrected chi connectivity index (χ1v) is 13.0. The predicted octanol–water partition coefficient (Wildman–Crippen LogP) is 3.30.